The van der Waals surface area contributed by atoms with Crippen molar-refractivity contribution in [3.8, 4) is 0 Å². The van der Waals surface area contributed by atoms with E-state index in [4.69, 9.17) is 0 Å². The second kappa shape index (κ2) is 8.88. The van der Waals surface area contributed by atoms with Gasteiger partial charge in [0.15, 0.2) is 0 Å². The molecule has 0 atom stereocenters. The van der Waals surface area contributed by atoms with Gasteiger partial charge < -0.3 is 4.57 Å². The lowest BCUT2D eigenvalue weighted by atomic mass is 10.2. The summed E-state index contributed by atoms with van der Waals surface area (Å²) >= 11 is 4.97. The van der Waals surface area contributed by atoms with Crippen LogP contribution in [0.1, 0.15) is 26.4 Å². The van der Waals surface area contributed by atoms with Crippen molar-refractivity contribution in [2.45, 2.75) is 10.6 Å². The lowest BCUT2D eigenvalue weighted by molar-refractivity contribution is 0.0842. The van der Waals surface area contributed by atoms with Gasteiger partial charge in [0.1, 0.15) is 5.69 Å². The molecule has 2 heterocycles. The van der Waals surface area contributed by atoms with Gasteiger partial charge in [-0.05, 0) is 57.9 Å². The fourth-order valence-electron chi connectivity index (χ4n) is 2.35. The number of hydrogen-bond acceptors (Lipinski definition) is 4. The maximum atomic E-state index is 12.2. The second-order valence-corrected chi connectivity index (χ2v) is 7.70. The molecule has 0 spiro atoms. The number of rotatable bonds is 5. The Kier molecular flexibility index (Phi) is 6.31. The van der Waals surface area contributed by atoms with Crippen LogP contribution in [-0.2, 0) is 12.8 Å². The van der Waals surface area contributed by atoms with E-state index < -0.39 is 0 Å². The van der Waals surface area contributed by atoms with Crippen molar-refractivity contribution in [1.82, 2.24) is 20.4 Å². The molecular weight excluding hydrogens is 428 g/mol. The number of carbonyl (C=O) groups is 2. The van der Waals surface area contributed by atoms with Crippen molar-refractivity contribution >= 4 is 39.5 Å². The van der Waals surface area contributed by atoms with Gasteiger partial charge in [-0.3, -0.25) is 25.4 Å². The molecular formula is C19H17BrN4O2S. The van der Waals surface area contributed by atoms with Gasteiger partial charge in [-0.2, -0.15) is 0 Å². The zero-order chi connectivity index (χ0) is 19.2. The number of aryl methyl sites for hydroxylation is 1. The van der Waals surface area contributed by atoms with Gasteiger partial charge in [-0.25, -0.2) is 0 Å². The summed E-state index contributed by atoms with van der Waals surface area (Å²) in [6.45, 7) is 0. The Morgan fingerprint density at radius 2 is 1.89 bits per heavy atom. The number of hydrazine groups is 1. The third-order valence-electron chi connectivity index (χ3n) is 3.74. The molecule has 0 radical (unpaired) electrons. The summed E-state index contributed by atoms with van der Waals surface area (Å²) < 4.78 is 2.46. The van der Waals surface area contributed by atoms with Crippen LogP contribution in [0.25, 0.3) is 0 Å². The average molecular weight is 445 g/mol. The fourth-order valence-corrected chi connectivity index (χ4v) is 3.71. The molecule has 3 rings (SSSR count). The Bertz CT molecular complexity index is 942. The molecule has 138 valence electrons. The highest BCUT2D eigenvalue weighted by Crippen LogP contribution is 2.22. The van der Waals surface area contributed by atoms with E-state index in [-0.39, 0.29) is 11.8 Å². The molecule has 0 aliphatic carbocycles. The number of carbonyl (C=O) groups excluding carboxylic acids is 2. The fraction of sp³-hybridized carbons (Fsp3) is 0.105. The highest BCUT2D eigenvalue weighted by molar-refractivity contribution is 9.10. The lowest BCUT2D eigenvalue weighted by Crippen LogP contribution is -2.42. The number of pyridine rings is 1. The largest absolute Gasteiger partial charge is 0.345 e. The van der Waals surface area contributed by atoms with Crippen LogP contribution in [0.15, 0.2) is 70.4 Å². The number of aromatic nitrogens is 2. The van der Waals surface area contributed by atoms with Crippen molar-refractivity contribution in [3.63, 3.8) is 0 Å². The van der Waals surface area contributed by atoms with Crippen LogP contribution < -0.4 is 10.9 Å². The summed E-state index contributed by atoms with van der Waals surface area (Å²) in [6, 6.07) is 12.8. The molecule has 2 N–H and O–H groups in total. The molecule has 0 aliphatic rings. The normalized spacial score (nSPS) is 10.4. The monoisotopic (exact) mass is 444 g/mol. The van der Waals surface area contributed by atoms with Crippen LogP contribution in [0, 0.1) is 0 Å². The molecule has 0 bridgehead atoms. The molecule has 27 heavy (non-hydrogen) atoms. The summed E-state index contributed by atoms with van der Waals surface area (Å²) in [5, 5.41) is 0. The first kappa shape index (κ1) is 19.2. The molecule has 2 aromatic heterocycles. The Balaban J connectivity index is 1.53. The molecule has 0 fully saturated rings. The number of thioether (sulfide) groups is 1. The molecule has 0 unspecified atom stereocenters. The number of nitrogens with one attached hydrogen (secondary N) is 2. The molecule has 6 nitrogen and oxygen atoms in total. The van der Waals surface area contributed by atoms with Gasteiger partial charge >= 0.3 is 0 Å². The van der Waals surface area contributed by atoms with E-state index in [1.807, 2.05) is 30.5 Å². The van der Waals surface area contributed by atoms with Crippen molar-refractivity contribution in [1.29, 1.82) is 0 Å². The molecule has 2 amide bonds. The van der Waals surface area contributed by atoms with Gasteiger partial charge in [-0.15, -0.1) is 11.8 Å². The summed E-state index contributed by atoms with van der Waals surface area (Å²) in [4.78, 5) is 29.5. The molecule has 8 heteroatoms. The molecule has 1 aromatic carbocycles. The van der Waals surface area contributed by atoms with Crippen molar-refractivity contribution in [2.75, 3.05) is 0 Å². The summed E-state index contributed by atoms with van der Waals surface area (Å²) in [7, 11) is 1.75. The topological polar surface area (TPSA) is 76.0 Å². The molecule has 3 aromatic rings. The number of nitrogens with zero attached hydrogens (tertiary/aromatic N) is 2. The summed E-state index contributed by atoms with van der Waals surface area (Å²) in [5.41, 5.74) is 6.89. The van der Waals surface area contributed by atoms with Gasteiger partial charge in [0, 0.05) is 46.3 Å². The van der Waals surface area contributed by atoms with Crippen LogP contribution in [0.4, 0.5) is 0 Å². The van der Waals surface area contributed by atoms with Crippen LogP contribution >= 0.6 is 27.7 Å². The second-order valence-electron chi connectivity index (χ2n) is 5.74. The maximum Gasteiger partial charge on any atom is 0.286 e. The van der Waals surface area contributed by atoms with Gasteiger partial charge in [-0.1, -0.05) is 6.07 Å². The lowest BCUT2D eigenvalue weighted by Gasteiger charge is -2.08. The molecule has 0 aliphatic heterocycles. The first-order valence-corrected chi connectivity index (χ1v) is 9.85. The average Bonchev–Trinajstić information content (AvgIpc) is 3.03. The van der Waals surface area contributed by atoms with Gasteiger partial charge in [0.2, 0.25) is 0 Å². The zero-order valence-corrected chi connectivity index (χ0v) is 16.9. The van der Waals surface area contributed by atoms with E-state index in [1.54, 1.807) is 54.0 Å². The first-order chi connectivity index (χ1) is 13.0. The van der Waals surface area contributed by atoms with Crippen molar-refractivity contribution in [2.24, 2.45) is 7.05 Å². The minimum atomic E-state index is -0.389. The first-order valence-electron chi connectivity index (χ1n) is 8.07. The minimum Gasteiger partial charge on any atom is -0.345 e. The molecule has 0 saturated heterocycles. The standard InChI is InChI=1S/C19H17BrN4O2S/c1-24-11-15(20)9-17(24)19(26)23-22-18(25)14-4-6-16(7-5-14)27-12-13-3-2-8-21-10-13/h2-11H,12H2,1H3,(H,22,25)(H,23,26). The Labute approximate surface area is 169 Å². The summed E-state index contributed by atoms with van der Waals surface area (Å²) in [5.74, 6) is 0.0439. The highest BCUT2D eigenvalue weighted by atomic mass is 79.9. The highest BCUT2D eigenvalue weighted by Gasteiger charge is 2.12. The number of amides is 2. The Hall–Kier alpha value is -2.58. The van der Waals surface area contributed by atoms with Crippen LogP contribution in [-0.4, -0.2) is 21.4 Å². The zero-order valence-electron chi connectivity index (χ0n) is 14.5. The molecule has 0 saturated carbocycles. The van der Waals surface area contributed by atoms with E-state index in [9.17, 15) is 9.59 Å². The van der Waals surface area contributed by atoms with Crippen LogP contribution in [0.5, 0.6) is 0 Å². The van der Waals surface area contributed by atoms with Crippen molar-refractivity contribution in [3.05, 3.63) is 82.3 Å². The van der Waals surface area contributed by atoms with Crippen LogP contribution in [0.2, 0.25) is 0 Å². The van der Waals surface area contributed by atoms with E-state index in [0.29, 0.717) is 11.3 Å². The number of halogens is 1. The van der Waals surface area contributed by atoms with Crippen LogP contribution in [0.3, 0.4) is 0 Å². The van der Waals surface area contributed by atoms with E-state index in [0.717, 1.165) is 20.7 Å². The Morgan fingerprint density at radius 3 is 2.52 bits per heavy atom. The number of benzene rings is 1. The van der Waals surface area contributed by atoms with Gasteiger partial charge in [0.05, 0.1) is 0 Å². The predicted octanol–water partition coefficient (Wildman–Crippen LogP) is 3.55. The van der Waals surface area contributed by atoms with E-state index in [2.05, 4.69) is 31.8 Å². The quantitative estimate of drug-likeness (QED) is 0.465. The smallest absolute Gasteiger partial charge is 0.286 e. The maximum absolute atomic E-state index is 12.2. The third-order valence-corrected chi connectivity index (χ3v) is 5.26. The van der Waals surface area contributed by atoms with Gasteiger partial charge in [0.25, 0.3) is 11.8 Å². The summed E-state index contributed by atoms with van der Waals surface area (Å²) in [6.07, 6.45) is 5.35. The van der Waals surface area contributed by atoms with Crippen molar-refractivity contribution < 1.29 is 9.59 Å². The van der Waals surface area contributed by atoms with E-state index in [1.165, 1.54) is 0 Å². The SMILES string of the molecule is Cn1cc(Br)cc1C(=O)NNC(=O)c1ccc(SCc2cccnc2)cc1. The number of hydrogen-bond donors (Lipinski definition) is 2. The van der Waals surface area contributed by atoms with E-state index >= 15 is 0 Å². The predicted molar refractivity (Wildman–Crippen MR) is 108 cm³/mol. The minimum absolute atomic E-state index is 0.375. The third kappa shape index (κ3) is 5.21. The Morgan fingerprint density at radius 1 is 1.15 bits per heavy atom.